The molecule has 2 heterocycles. The summed E-state index contributed by atoms with van der Waals surface area (Å²) in [5.74, 6) is 1.24. The number of carbonyl (C=O) groups excluding carboxylic acids is 1. The van der Waals surface area contributed by atoms with E-state index in [4.69, 9.17) is 4.74 Å². The second-order valence-electron chi connectivity index (χ2n) is 11.1. The molecule has 1 saturated carbocycles. The van der Waals surface area contributed by atoms with Crippen LogP contribution in [0.4, 0.5) is 13.2 Å². The fourth-order valence-electron chi connectivity index (χ4n) is 6.29. The van der Waals surface area contributed by atoms with Gasteiger partial charge in [0.1, 0.15) is 0 Å². The zero-order chi connectivity index (χ0) is 24.5. The number of halogens is 3. The van der Waals surface area contributed by atoms with Gasteiger partial charge in [0, 0.05) is 31.8 Å². The number of carbonyl (C=O) groups is 1. The molecule has 4 atom stereocenters. The van der Waals surface area contributed by atoms with Crippen molar-refractivity contribution in [3.8, 4) is 0 Å². The van der Waals surface area contributed by atoms with Crippen LogP contribution in [0.3, 0.4) is 0 Å². The Balaban J connectivity index is 1.36. The molecular weight excluding hydrogens is 441 g/mol. The predicted octanol–water partition coefficient (Wildman–Crippen LogP) is 5.62. The highest BCUT2D eigenvalue weighted by Gasteiger charge is 2.50. The Morgan fingerprint density at radius 1 is 1.12 bits per heavy atom. The van der Waals surface area contributed by atoms with E-state index in [0.29, 0.717) is 31.1 Å². The summed E-state index contributed by atoms with van der Waals surface area (Å²) in [6, 6.07) is 6.37. The third-order valence-corrected chi connectivity index (χ3v) is 8.66. The molecule has 3 fully saturated rings. The molecule has 2 saturated heterocycles. The normalized spacial score (nSPS) is 31.3. The summed E-state index contributed by atoms with van der Waals surface area (Å²) in [6.45, 7) is 9.53. The monoisotopic (exact) mass is 480 g/mol. The molecule has 0 aromatic heterocycles. The molecule has 1 N–H and O–H groups in total. The van der Waals surface area contributed by atoms with Crippen molar-refractivity contribution in [2.24, 2.45) is 17.3 Å². The summed E-state index contributed by atoms with van der Waals surface area (Å²) in [5.41, 5.74) is 0.00412. The average molecular weight is 481 g/mol. The second-order valence-corrected chi connectivity index (χ2v) is 11.1. The van der Waals surface area contributed by atoms with Crippen LogP contribution in [-0.2, 0) is 15.7 Å². The van der Waals surface area contributed by atoms with E-state index in [1.54, 1.807) is 12.1 Å². The number of piperidine rings is 1. The molecule has 1 amide bonds. The van der Waals surface area contributed by atoms with E-state index in [1.165, 1.54) is 12.1 Å². The smallest absolute Gasteiger partial charge is 0.381 e. The van der Waals surface area contributed by atoms with Gasteiger partial charge in [-0.05, 0) is 74.0 Å². The van der Waals surface area contributed by atoms with Crippen LogP contribution in [0, 0.1) is 17.3 Å². The number of alkyl halides is 3. The number of nitrogens with one attached hydrogen (secondary N) is 1. The minimum atomic E-state index is -4.31. The number of rotatable bonds is 5. The predicted molar refractivity (Wildman–Crippen MR) is 126 cm³/mol. The highest BCUT2D eigenvalue weighted by atomic mass is 19.4. The Labute approximate surface area is 201 Å². The van der Waals surface area contributed by atoms with Crippen LogP contribution in [0.1, 0.15) is 76.3 Å². The van der Waals surface area contributed by atoms with Crippen molar-refractivity contribution in [3.63, 3.8) is 0 Å². The van der Waals surface area contributed by atoms with Gasteiger partial charge in [0.2, 0.25) is 5.91 Å². The first-order valence-corrected chi connectivity index (χ1v) is 12.9. The van der Waals surface area contributed by atoms with Gasteiger partial charge in [-0.3, -0.25) is 4.79 Å². The highest BCUT2D eigenvalue weighted by Crippen LogP contribution is 2.47. The lowest BCUT2D eigenvalue weighted by atomic mass is 9.73. The molecule has 2 aliphatic heterocycles. The third-order valence-electron chi connectivity index (χ3n) is 8.66. The van der Waals surface area contributed by atoms with E-state index in [-0.39, 0.29) is 23.2 Å². The number of likely N-dealkylation sites (tertiary alicyclic amines) is 1. The molecule has 1 aromatic carbocycles. The Bertz CT molecular complexity index is 833. The number of hydrogen-bond donors (Lipinski definition) is 1. The first kappa shape index (κ1) is 25.5. The minimum Gasteiger partial charge on any atom is -0.381 e. The van der Waals surface area contributed by atoms with E-state index in [2.05, 4.69) is 26.1 Å². The van der Waals surface area contributed by atoms with E-state index >= 15 is 0 Å². The van der Waals surface area contributed by atoms with Gasteiger partial charge >= 0.3 is 6.18 Å². The van der Waals surface area contributed by atoms with Crippen molar-refractivity contribution in [1.82, 2.24) is 10.2 Å². The Kier molecular flexibility index (Phi) is 7.63. The molecule has 4 rings (SSSR count). The van der Waals surface area contributed by atoms with E-state index in [9.17, 15) is 18.0 Å². The first-order valence-electron chi connectivity index (χ1n) is 12.9. The molecular formula is C27H39F3N2O2. The van der Waals surface area contributed by atoms with Crippen molar-refractivity contribution >= 4 is 5.91 Å². The van der Waals surface area contributed by atoms with Crippen molar-refractivity contribution in [2.75, 3.05) is 26.3 Å². The van der Waals surface area contributed by atoms with Gasteiger partial charge in [-0.1, -0.05) is 32.9 Å². The molecule has 7 heteroatoms. The summed E-state index contributed by atoms with van der Waals surface area (Å²) in [5, 5.41) is 3.85. The summed E-state index contributed by atoms with van der Waals surface area (Å²) in [4.78, 5) is 15.8. The topological polar surface area (TPSA) is 41.6 Å². The molecule has 190 valence electrons. The number of nitrogens with zero attached hydrogens (tertiary/aromatic N) is 1. The zero-order valence-corrected chi connectivity index (χ0v) is 20.7. The van der Waals surface area contributed by atoms with Gasteiger partial charge in [-0.25, -0.2) is 0 Å². The van der Waals surface area contributed by atoms with E-state index in [0.717, 1.165) is 57.3 Å². The SMILES string of the molecule is CC(C)C1(C(=O)N2CCC(c3ccc(C(F)(F)F)cc3)CC2)CC[C@@H](NC2CCOC[C@H]2C)C1. The Morgan fingerprint density at radius 2 is 1.79 bits per heavy atom. The Morgan fingerprint density at radius 3 is 2.38 bits per heavy atom. The summed E-state index contributed by atoms with van der Waals surface area (Å²) in [6.07, 6.45) is 1.13. The molecule has 1 aliphatic carbocycles. The maximum Gasteiger partial charge on any atom is 0.416 e. The van der Waals surface area contributed by atoms with Gasteiger partial charge in [-0.2, -0.15) is 13.2 Å². The van der Waals surface area contributed by atoms with Crippen LogP contribution in [0.15, 0.2) is 24.3 Å². The number of ether oxygens (including phenoxy) is 1. The molecule has 0 bridgehead atoms. The number of amides is 1. The lowest BCUT2D eigenvalue weighted by Crippen LogP contribution is -2.50. The van der Waals surface area contributed by atoms with Crippen molar-refractivity contribution in [1.29, 1.82) is 0 Å². The lowest BCUT2D eigenvalue weighted by Gasteiger charge is -2.41. The Hall–Kier alpha value is -1.60. The van der Waals surface area contributed by atoms with Crippen molar-refractivity contribution < 1.29 is 22.7 Å². The minimum absolute atomic E-state index is 0.203. The zero-order valence-electron chi connectivity index (χ0n) is 20.7. The first-order chi connectivity index (χ1) is 16.1. The lowest BCUT2D eigenvalue weighted by molar-refractivity contribution is -0.146. The number of hydrogen-bond acceptors (Lipinski definition) is 3. The van der Waals surface area contributed by atoms with Gasteiger partial charge in [0.15, 0.2) is 0 Å². The maximum atomic E-state index is 13.8. The van der Waals surface area contributed by atoms with Gasteiger partial charge in [0.25, 0.3) is 0 Å². The molecule has 34 heavy (non-hydrogen) atoms. The van der Waals surface area contributed by atoms with Crippen LogP contribution in [0.25, 0.3) is 0 Å². The van der Waals surface area contributed by atoms with Crippen LogP contribution in [0.2, 0.25) is 0 Å². The standard InChI is InChI=1S/C27H39F3N2O2/c1-18(2)26(12-8-23(16-26)31-24-11-15-34-17-19(24)3)25(33)32-13-9-21(10-14-32)20-4-6-22(7-5-20)27(28,29)30/h4-7,18-19,21,23-24,31H,8-17H2,1-3H3/t19-,23-,24?,26?/m1/s1. The summed E-state index contributed by atoms with van der Waals surface area (Å²) in [7, 11) is 0. The molecule has 0 radical (unpaired) electrons. The largest absolute Gasteiger partial charge is 0.416 e. The fourth-order valence-corrected chi connectivity index (χ4v) is 6.29. The molecule has 2 unspecified atom stereocenters. The van der Waals surface area contributed by atoms with Gasteiger partial charge in [-0.15, -0.1) is 0 Å². The van der Waals surface area contributed by atoms with E-state index < -0.39 is 11.7 Å². The summed E-state index contributed by atoms with van der Waals surface area (Å²) < 4.78 is 44.2. The maximum absolute atomic E-state index is 13.8. The van der Waals surface area contributed by atoms with Crippen molar-refractivity contribution in [2.45, 2.75) is 83.5 Å². The van der Waals surface area contributed by atoms with Crippen LogP contribution < -0.4 is 5.32 Å². The summed E-state index contributed by atoms with van der Waals surface area (Å²) >= 11 is 0. The van der Waals surface area contributed by atoms with Crippen LogP contribution >= 0.6 is 0 Å². The third kappa shape index (κ3) is 5.30. The fraction of sp³-hybridized carbons (Fsp3) is 0.741. The number of benzene rings is 1. The van der Waals surface area contributed by atoms with Crippen LogP contribution in [0.5, 0.6) is 0 Å². The van der Waals surface area contributed by atoms with Crippen molar-refractivity contribution in [3.05, 3.63) is 35.4 Å². The molecule has 1 aromatic rings. The second kappa shape index (κ2) is 10.2. The molecule has 4 nitrogen and oxygen atoms in total. The van der Waals surface area contributed by atoms with Gasteiger partial charge < -0.3 is 15.0 Å². The highest BCUT2D eigenvalue weighted by molar-refractivity contribution is 5.83. The van der Waals surface area contributed by atoms with Crippen LogP contribution in [-0.4, -0.2) is 49.2 Å². The van der Waals surface area contributed by atoms with Gasteiger partial charge in [0.05, 0.1) is 17.6 Å². The molecule has 0 spiro atoms. The van der Waals surface area contributed by atoms with E-state index in [1.807, 2.05) is 4.90 Å². The quantitative estimate of drug-likeness (QED) is 0.595. The molecule has 3 aliphatic rings. The average Bonchev–Trinajstić information content (AvgIpc) is 3.25.